The topological polar surface area (TPSA) is 111 Å². The molecule has 36 heavy (non-hydrogen) atoms. The predicted molar refractivity (Wildman–Crippen MR) is 136 cm³/mol. The number of hydrogen-bond acceptors (Lipinski definition) is 7. The SMILES string of the molecule is CC(O)(CNC(=O)c1cc(NC2CCN(C(=O)C3CC3)CC2)ncn1)CN1CCc2ccccc2C1. The van der Waals surface area contributed by atoms with E-state index in [-0.39, 0.29) is 30.1 Å². The van der Waals surface area contributed by atoms with Crippen LogP contribution < -0.4 is 10.6 Å². The number of rotatable bonds is 8. The van der Waals surface area contributed by atoms with E-state index in [0.717, 1.165) is 58.3 Å². The highest BCUT2D eigenvalue weighted by Crippen LogP contribution is 2.32. The molecule has 9 nitrogen and oxygen atoms in total. The van der Waals surface area contributed by atoms with Crippen molar-refractivity contribution in [3.8, 4) is 0 Å². The highest BCUT2D eigenvalue weighted by Gasteiger charge is 2.35. The second-order valence-electron chi connectivity index (χ2n) is 10.7. The molecule has 1 aliphatic carbocycles. The minimum Gasteiger partial charge on any atom is -0.387 e. The van der Waals surface area contributed by atoms with Crippen molar-refractivity contribution in [3.63, 3.8) is 0 Å². The first-order valence-corrected chi connectivity index (χ1v) is 13.0. The lowest BCUT2D eigenvalue weighted by molar-refractivity contribution is -0.133. The molecule has 3 N–H and O–H groups in total. The Balaban J connectivity index is 1.09. The number of nitrogens with zero attached hydrogens (tertiary/aromatic N) is 4. The molecule has 0 bridgehead atoms. The normalized spacial score (nSPS) is 20.3. The summed E-state index contributed by atoms with van der Waals surface area (Å²) in [6, 6.07) is 10.3. The molecule has 2 aliphatic heterocycles. The van der Waals surface area contributed by atoms with Crippen LogP contribution in [-0.2, 0) is 17.8 Å². The number of benzene rings is 1. The Labute approximate surface area is 212 Å². The van der Waals surface area contributed by atoms with Crippen molar-refractivity contribution in [3.05, 3.63) is 53.5 Å². The monoisotopic (exact) mass is 492 g/mol. The molecule has 9 heteroatoms. The zero-order valence-corrected chi connectivity index (χ0v) is 20.9. The van der Waals surface area contributed by atoms with Crippen LogP contribution in [0.2, 0.25) is 0 Å². The van der Waals surface area contributed by atoms with Gasteiger partial charge in [-0.25, -0.2) is 9.97 Å². The van der Waals surface area contributed by atoms with Crippen molar-refractivity contribution in [2.75, 3.05) is 38.0 Å². The Bertz CT molecular complexity index is 1090. The van der Waals surface area contributed by atoms with Crippen molar-refractivity contribution in [2.24, 2.45) is 5.92 Å². The summed E-state index contributed by atoms with van der Waals surface area (Å²) in [7, 11) is 0. The molecule has 192 valence electrons. The van der Waals surface area contributed by atoms with Crippen molar-refractivity contribution in [2.45, 2.75) is 57.2 Å². The van der Waals surface area contributed by atoms with Crippen LogP contribution in [0.25, 0.3) is 0 Å². The fourth-order valence-electron chi connectivity index (χ4n) is 5.19. The van der Waals surface area contributed by atoms with Gasteiger partial charge in [-0.1, -0.05) is 24.3 Å². The van der Waals surface area contributed by atoms with Crippen LogP contribution in [0, 0.1) is 5.92 Å². The molecule has 2 aromatic rings. The standard InChI is InChI=1S/C27H36N6O3/c1-27(36,17-32-11-8-19-4-2-3-5-21(19)15-32)16-28-25(34)23-14-24(30-18-29-23)31-22-9-12-33(13-10-22)26(35)20-6-7-20/h2-5,14,18,20,22,36H,6-13,15-17H2,1H3,(H,28,34)(H,29,30,31). The maximum atomic E-state index is 12.8. The van der Waals surface area contributed by atoms with E-state index in [1.54, 1.807) is 13.0 Å². The van der Waals surface area contributed by atoms with Crippen molar-refractivity contribution < 1.29 is 14.7 Å². The van der Waals surface area contributed by atoms with Gasteiger partial charge in [0.25, 0.3) is 5.91 Å². The number of hydrogen-bond donors (Lipinski definition) is 3. The van der Waals surface area contributed by atoms with Crippen LogP contribution in [0.3, 0.4) is 0 Å². The first-order valence-electron chi connectivity index (χ1n) is 13.0. The largest absolute Gasteiger partial charge is 0.387 e. The number of amides is 2. The number of aliphatic hydroxyl groups is 1. The van der Waals surface area contributed by atoms with Gasteiger partial charge in [-0.15, -0.1) is 0 Å². The van der Waals surface area contributed by atoms with Gasteiger partial charge >= 0.3 is 0 Å². The molecular weight excluding hydrogens is 456 g/mol. The van der Waals surface area contributed by atoms with Crippen LogP contribution in [0.15, 0.2) is 36.7 Å². The first kappa shape index (κ1) is 24.6. The fraction of sp³-hybridized carbons (Fsp3) is 0.556. The van der Waals surface area contributed by atoms with Gasteiger partial charge in [-0.05, 0) is 50.2 Å². The van der Waals surface area contributed by atoms with Crippen molar-refractivity contribution in [1.29, 1.82) is 0 Å². The lowest BCUT2D eigenvalue weighted by Gasteiger charge is -2.34. The molecule has 3 heterocycles. The lowest BCUT2D eigenvalue weighted by Crippen LogP contribution is -2.49. The molecule has 1 unspecified atom stereocenters. The number of aromatic nitrogens is 2. The Hall–Kier alpha value is -3.04. The molecule has 1 aromatic carbocycles. The molecule has 0 spiro atoms. The van der Waals surface area contributed by atoms with Gasteiger partial charge in [0.2, 0.25) is 5.91 Å². The third-order valence-corrected chi connectivity index (χ3v) is 7.39. The number of nitrogens with one attached hydrogen (secondary N) is 2. The minimum absolute atomic E-state index is 0.129. The molecule has 2 amide bonds. The third kappa shape index (κ3) is 6.20. The molecule has 5 rings (SSSR count). The van der Waals surface area contributed by atoms with Gasteiger partial charge in [0.05, 0.1) is 5.60 Å². The van der Waals surface area contributed by atoms with E-state index >= 15 is 0 Å². The van der Waals surface area contributed by atoms with Gasteiger partial charge in [0.1, 0.15) is 17.8 Å². The van der Waals surface area contributed by atoms with E-state index in [0.29, 0.717) is 18.3 Å². The summed E-state index contributed by atoms with van der Waals surface area (Å²) in [4.78, 5) is 37.6. The number of piperidine rings is 1. The number of carbonyl (C=O) groups excluding carboxylic acids is 2. The predicted octanol–water partition coefficient (Wildman–Crippen LogP) is 1.83. The molecule has 1 saturated carbocycles. The molecule has 1 atom stereocenters. The minimum atomic E-state index is -1.07. The number of fused-ring (bicyclic) bond motifs is 1. The summed E-state index contributed by atoms with van der Waals surface area (Å²) in [5, 5.41) is 17.2. The number of β-amino-alcohol motifs (C(OH)–C–C–N with tert-alkyl or cyclic N) is 1. The van der Waals surface area contributed by atoms with Crippen LogP contribution in [0.1, 0.15) is 54.2 Å². The third-order valence-electron chi connectivity index (χ3n) is 7.39. The summed E-state index contributed by atoms with van der Waals surface area (Å²) >= 11 is 0. The van der Waals surface area contributed by atoms with E-state index < -0.39 is 5.60 Å². The summed E-state index contributed by atoms with van der Waals surface area (Å²) in [5.74, 6) is 0.820. The molecule has 1 aromatic heterocycles. The van der Waals surface area contributed by atoms with Crippen LogP contribution in [-0.4, -0.2) is 81.1 Å². The van der Waals surface area contributed by atoms with Crippen LogP contribution >= 0.6 is 0 Å². The number of carbonyl (C=O) groups is 2. The lowest BCUT2D eigenvalue weighted by atomic mass is 9.98. The quantitative estimate of drug-likeness (QED) is 0.516. The van der Waals surface area contributed by atoms with Gasteiger partial charge < -0.3 is 20.6 Å². The molecule has 1 saturated heterocycles. The number of anilines is 1. The smallest absolute Gasteiger partial charge is 0.270 e. The van der Waals surface area contributed by atoms with E-state index in [1.807, 2.05) is 11.0 Å². The van der Waals surface area contributed by atoms with Gasteiger partial charge in [-0.2, -0.15) is 0 Å². The zero-order chi connectivity index (χ0) is 25.1. The van der Waals surface area contributed by atoms with E-state index in [9.17, 15) is 14.7 Å². The second kappa shape index (κ2) is 10.5. The van der Waals surface area contributed by atoms with E-state index in [1.165, 1.54) is 17.5 Å². The van der Waals surface area contributed by atoms with E-state index in [4.69, 9.17) is 0 Å². The Morgan fingerprint density at radius 2 is 1.83 bits per heavy atom. The zero-order valence-electron chi connectivity index (χ0n) is 20.9. The number of likely N-dealkylation sites (tertiary alicyclic amines) is 1. The molecule has 3 aliphatic rings. The Morgan fingerprint density at radius 3 is 2.58 bits per heavy atom. The highest BCUT2D eigenvalue weighted by molar-refractivity contribution is 5.92. The summed E-state index contributed by atoms with van der Waals surface area (Å²) in [6.45, 7) is 5.54. The first-order chi connectivity index (χ1) is 17.4. The van der Waals surface area contributed by atoms with Gasteiger partial charge in [-0.3, -0.25) is 14.5 Å². The van der Waals surface area contributed by atoms with Crippen molar-refractivity contribution >= 4 is 17.6 Å². The van der Waals surface area contributed by atoms with Gasteiger partial charge in [0.15, 0.2) is 0 Å². The summed E-state index contributed by atoms with van der Waals surface area (Å²) in [6.07, 6.45) is 6.12. The Morgan fingerprint density at radius 1 is 1.08 bits per heavy atom. The molecule has 0 radical (unpaired) electrons. The average Bonchev–Trinajstić information content (AvgIpc) is 3.73. The molecule has 2 fully saturated rings. The van der Waals surface area contributed by atoms with Crippen LogP contribution in [0.4, 0.5) is 5.82 Å². The van der Waals surface area contributed by atoms with Crippen molar-refractivity contribution in [1.82, 2.24) is 25.1 Å². The Kier molecular flexibility index (Phi) is 7.20. The summed E-state index contributed by atoms with van der Waals surface area (Å²) in [5.41, 5.74) is 1.86. The van der Waals surface area contributed by atoms with E-state index in [2.05, 4.69) is 43.7 Å². The van der Waals surface area contributed by atoms with Gasteiger partial charge in [0, 0.05) is 57.3 Å². The van der Waals surface area contributed by atoms with Crippen LogP contribution in [0.5, 0.6) is 0 Å². The highest BCUT2D eigenvalue weighted by atomic mass is 16.3. The maximum Gasteiger partial charge on any atom is 0.270 e. The molecular formula is C27H36N6O3. The average molecular weight is 493 g/mol. The summed E-state index contributed by atoms with van der Waals surface area (Å²) < 4.78 is 0. The fourth-order valence-corrected chi connectivity index (χ4v) is 5.19. The second-order valence-corrected chi connectivity index (χ2v) is 10.7. The maximum absolute atomic E-state index is 12.8.